The molecule has 0 unspecified atom stereocenters. The molecule has 0 aromatic heterocycles. The van der Waals surface area contributed by atoms with E-state index >= 15 is 0 Å². The van der Waals surface area contributed by atoms with Crippen molar-refractivity contribution in [2.24, 2.45) is 0 Å². The third kappa shape index (κ3) is 1.55. The Balaban J connectivity index is 2.49. The van der Waals surface area contributed by atoms with Gasteiger partial charge in [-0.25, -0.2) is 13.6 Å². The fraction of sp³-hybridized carbons (Fsp3) is 0.857. The van der Waals surface area contributed by atoms with Crippen LogP contribution >= 0.6 is 0 Å². The highest BCUT2D eigenvalue weighted by Gasteiger charge is 2.61. The summed E-state index contributed by atoms with van der Waals surface area (Å²) >= 11 is 0. The molecule has 5 heteroatoms. The van der Waals surface area contributed by atoms with Crippen LogP contribution in [0.15, 0.2) is 0 Å². The molecule has 0 spiro atoms. The highest BCUT2D eigenvalue weighted by molar-refractivity contribution is 5.80. The molecule has 0 bridgehead atoms. The average Bonchev–Trinajstić information content (AvgIpc) is 1.83. The van der Waals surface area contributed by atoms with Crippen molar-refractivity contribution in [2.45, 2.75) is 31.3 Å². The van der Waals surface area contributed by atoms with E-state index < -0.39 is 30.3 Å². The second-order valence-corrected chi connectivity index (χ2v) is 2.96. The molecule has 1 fully saturated rings. The number of aliphatic hydroxyl groups is 1. The Morgan fingerprint density at radius 2 is 2.08 bits per heavy atom. The van der Waals surface area contributed by atoms with E-state index in [9.17, 15) is 18.7 Å². The fourth-order valence-electron chi connectivity index (χ4n) is 1.21. The minimum Gasteiger partial charge on any atom is -0.464 e. The zero-order chi connectivity index (χ0) is 9.41. The van der Waals surface area contributed by atoms with Crippen LogP contribution in [0.2, 0.25) is 0 Å². The van der Waals surface area contributed by atoms with E-state index in [-0.39, 0.29) is 6.61 Å². The average molecular weight is 180 g/mol. The van der Waals surface area contributed by atoms with Crippen molar-refractivity contribution in [3.05, 3.63) is 0 Å². The van der Waals surface area contributed by atoms with Crippen molar-refractivity contribution < 1.29 is 23.4 Å². The van der Waals surface area contributed by atoms with Crippen molar-refractivity contribution in [1.82, 2.24) is 0 Å². The normalized spacial score (nSPS) is 24.3. The minimum absolute atomic E-state index is 0.0900. The molecule has 0 aliphatic heterocycles. The third-order valence-corrected chi connectivity index (χ3v) is 1.76. The van der Waals surface area contributed by atoms with Crippen LogP contribution in [0.1, 0.15) is 19.8 Å². The number of halogens is 2. The molecule has 1 aliphatic carbocycles. The van der Waals surface area contributed by atoms with Gasteiger partial charge in [-0.2, -0.15) is 0 Å². The van der Waals surface area contributed by atoms with Crippen molar-refractivity contribution >= 4 is 5.97 Å². The molecular weight excluding hydrogens is 170 g/mol. The van der Waals surface area contributed by atoms with Crippen molar-refractivity contribution in [2.75, 3.05) is 6.61 Å². The topological polar surface area (TPSA) is 46.5 Å². The van der Waals surface area contributed by atoms with Gasteiger partial charge in [0, 0.05) is 0 Å². The number of hydrogen-bond donors (Lipinski definition) is 1. The molecular formula is C7H10F2O3. The first kappa shape index (κ1) is 9.38. The van der Waals surface area contributed by atoms with Crippen molar-refractivity contribution in [1.29, 1.82) is 0 Å². The monoisotopic (exact) mass is 180 g/mol. The Morgan fingerprint density at radius 1 is 1.58 bits per heavy atom. The summed E-state index contributed by atoms with van der Waals surface area (Å²) in [6.07, 6.45) is -1.64. The maximum absolute atomic E-state index is 12.3. The zero-order valence-electron chi connectivity index (χ0n) is 6.64. The molecule has 70 valence electrons. The predicted octanol–water partition coefficient (Wildman–Crippen LogP) is 0.710. The van der Waals surface area contributed by atoms with Crippen LogP contribution in [0.25, 0.3) is 0 Å². The number of carbonyl (C=O) groups excluding carboxylic acids is 1. The maximum atomic E-state index is 12.3. The molecule has 1 rings (SSSR count). The summed E-state index contributed by atoms with van der Waals surface area (Å²) in [4.78, 5) is 10.8. The standard InChI is InChI=1S/C7H10F2O3/c1-2-12-5(10)6(11)3-7(8,9)4-6/h11H,2-4H2,1H3. The van der Waals surface area contributed by atoms with Crippen LogP contribution in [0.4, 0.5) is 8.78 Å². The first-order valence-electron chi connectivity index (χ1n) is 3.67. The van der Waals surface area contributed by atoms with Gasteiger partial charge >= 0.3 is 5.97 Å². The van der Waals surface area contributed by atoms with Gasteiger partial charge in [0.05, 0.1) is 19.4 Å². The number of ether oxygens (including phenoxy) is 1. The van der Waals surface area contributed by atoms with Gasteiger partial charge in [0.15, 0.2) is 5.60 Å². The van der Waals surface area contributed by atoms with E-state index in [1.54, 1.807) is 6.92 Å². The summed E-state index contributed by atoms with van der Waals surface area (Å²) in [5, 5.41) is 9.19. The molecule has 0 heterocycles. The third-order valence-electron chi connectivity index (χ3n) is 1.76. The Hall–Kier alpha value is -0.710. The maximum Gasteiger partial charge on any atom is 0.338 e. The van der Waals surface area contributed by atoms with Crippen LogP contribution < -0.4 is 0 Å². The Kier molecular flexibility index (Phi) is 2.07. The second-order valence-electron chi connectivity index (χ2n) is 2.96. The second kappa shape index (κ2) is 2.65. The summed E-state index contributed by atoms with van der Waals surface area (Å²) in [6.45, 7) is 1.64. The highest BCUT2D eigenvalue weighted by Crippen LogP contribution is 2.46. The Morgan fingerprint density at radius 3 is 2.42 bits per heavy atom. The molecule has 1 saturated carbocycles. The number of hydrogen-bond acceptors (Lipinski definition) is 3. The van der Waals surface area contributed by atoms with Crippen LogP contribution in [-0.2, 0) is 9.53 Å². The van der Waals surface area contributed by atoms with Gasteiger partial charge < -0.3 is 9.84 Å². The number of rotatable bonds is 2. The van der Waals surface area contributed by atoms with Crippen LogP contribution in [0.3, 0.4) is 0 Å². The predicted molar refractivity (Wildman–Crippen MR) is 35.8 cm³/mol. The van der Waals surface area contributed by atoms with Crippen LogP contribution in [0, 0.1) is 0 Å². The Labute approximate surface area is 68.3 Å². The molecule has 3 nitrogen and oxygen atoms in total. The van der Waals surface area contributed by atoms with Gasteiger partial charge in [0.2, 0.25) is 0 Å². The molecule has 1 aliphatic rings. The lowest BCUT2D eigenvalue weighted by Crippen LogP contribution is -2.57. The Bertz CT molecular complexity index is 195. The molecule has 0 atom stereocenters. The number of carbonyl (C=O) groups is 1. The molecule has 0 aromatic rings. The van der Waals surface area contributed by atoms with Gasteiger partial charge in [-0.05, 0) is 6.92 Å². The zero-order valence-corrected chi connectivity index (χ0v) is 6.64. The summed E-state index contributed by atoms with van der Waals surface area (Å²) in [5.74, 6) is -3.86. The SMILES string of the molecule is CCOC(=O)C1(O)CC(F)(F)C1. The minimum atomic E-state index is -2.92. The van der Waals surface area contributed by atoms with E-state index in [0.717, 1.165) is 0 Å². The van der Waals surface area contributed by atoms with E-state index in [1.807, 2.05) is 0 Å². The summed E-state index contributed by atoms with van der Waals surface area (Å²) in [5.41, 5.74) is -1.94. The lowest BCUT2D eigenvalue weighted by Gasteiger charge is -2.40. The molecule has 0 radical (unpaired) electrons. The summed E-state index contributed by atoms with van der Waals surface area (Å²) < 4.78 is 29.0. The largest absolute Gasteiger partial charge is 0.464 e. The first-order valence-corrected chi connectivity index (χ1v) is 3.67. The molecule has 0 amide bonds. The van der Waals surface area contributed by atoms with Gasteiger partial charge in [0.1, 0.15) is 0 Å². The van der Waals surface area contributed by atoms with E-state index in [0.29, 0.717) is 0 Å². The van der Waals surface area contributed by atoms with E-state index in [2.05, 4.69) is 4.74 Å². The molecule has 12 heavy (non-hydrogen) atoms. The van der Waals surface area contributed by atoms with Crippen molar-refractivity contribution in [3.8, 4) is 0 Å². The van der Waals surface area contributed by atoms with Crippen LogP contribution in [0.5, 0.6) is 0 Å². The quantitative estimate of drug-likeness (QED) is 0.636. The van der Waals surface area contributed by atoms with Gasteiger partial charge in [-0.3, -0.25) is 0 Å². The van der Waals surface area contributed by atoms with Crippen LogP contribution in [-0.4, -0.2) is 29.2 Å². The van der Waals surface area contributed by atoms with Gasteiger partial charge in [-0.15, -0.1) is 0 Å². The molecule has 1 N–H and O–H groups in total. The van der Waals surface area contributed by atoms with E-state index in [4.69, 9.17) is 0 Å². The van der Waals surface area contributed by atoms with Gasteiger partial charge in [0.25, 0.3) is 5.92 Å². The highest BCUT2D eigenvalue weighted by atomic mass is 19.3. The smallest absolute Gasteiger partial charge is 0.338 e. The first-order chi connectivity index (χ1) is 5.40. The fourth-order valence-corrected chi connectivity index (χ4v) is 1.21. The lowest BCUT2D eigenvalue weighted by molar-refractivity contribution is -0.223. The summed E-state index contributed by atoms with van der Waals surface area (Å²) in [6, 6.07) is 0. The number of alkyl halides is 2. The van der Waals surface area contributed by atoms with Gasteiger partial charge in [-0.1, -0.05) is 0 Å². The van der Waals surface area contributed by atoms with Crippen molar-refractivity contribution in [3.63, 3.8) is 0 Å². The van der Waals surface area contributed by atoms with E-state index in [1.165, 1.54) is 0 Å². The molecule has 0 saturated heterocycles. The summed E-state index contributed by atoms with van der Waals surface area (Å²) in [7, 11) is 0. The lowest BCUT2D eigenvalue weighted by atomic mass is 9.77. The molecule has 0 aromatic carbocycles. The number of esters is 1.